The second-order valence-corrected chi connectivity index (χ2v) is 8.91. The molecule has 2 aliphatic rings. The van der Waals surface area contributed by atoms with Gasteiger partial charge in [-0.3, -0.25) is 0 Å². The van der Waals surface area contributed by atoms with Crippen molar-refractivity contribution in [2.24, 2.45) is 5.92 Å². The lowest BCUT2D eigenvalue weighted by Crippen LogP contribution is -2.52. The third-order valence-corrected chi connectivity index (χ3v) is 6.50. The van der Waals surface area contributed by atoms with Crippen molar-refractivity contribution < 1.29 is 8.42 Å². The third kappa shape index (κ3) is 4.41. The van der Waals surface area contributed by atoms with Gasteiger partial charge in [-0.05, 0) is 25.7 Å². The summed E-state index contributed by atoms with van der Waals surface area (Å²) in [7, 11) is -3.15. The summed E-state index contributed by atoms with van der Waals surface area (Å²) >= 11 is 0. The van der Waals surface area contributed by atoms with Crippen molar-refractivity contribution in [1.82, 2.24) is 14.5 Å². The van der Waals surface area contributed by atoms with E-state index >= 15 is 0 Å². The molecule has 1 aliphatic heterocycles. The number of sulfonamides is 1. The van der Waals surface area contributed by atoms with Crippen LogP contribution in [0.2, 0.25) is 0 Å². The van der Waals surface area contributed by atoms with E-state index < -0.39 is 10.0 Å². The second-order valence-electron chi connectivity index (χ2n) is 6.56. The van der Waals surface area contributed by atoms with Crippen LogP contribution in [0.25, 0.3) is 0 Å². The van der Waals surface area contributed by atoms with E-state index in [9.17, 15) is 8.42 Å². The van der Waals surface area contributed by atoms with Crippen LogP contribution in [0, 0.1) is 5.92 Å². The second kappa shape index (κ2) is 6.73. The van der Waals surface area contributed by atoms with Gasteiger partial charge in [-0.25, -0.2) is 8.42 Å². The molecule has 2 rings (SSSR count). The lowest BCUT2D eigenvalue weighted by molar-refractivity contribution is 0.181. The van der Waals surface area contributed by atoms with E-state index in [0.29, 0.717) is 25.7 Å². The van der Waals surface area contributed by atoms with Gasteiger partial charge in [-0.15, -0.1) is 0 Å². The standard InChI is InChI=1S/C14H29N3O2S/c1-12(2)15-10-13(3)20(18,19)17-8-6-16(7-9-17)11-14-4-5-14/h12-15H,4-11H2,1-3H3. The highest BCUT2D eigenvalue weighted by molar-refractivity contribution is 7.89. The van der Waals surface area contributed by atoms with Crippen LogP contribution in [0.4, 0.5) is 0 Å². The first-order valence-corrected chi connectivity index (χ1v) is 9.34. The molecular formula is C14H29N3O2S. The Morgan fingerprint density at radius 3 is 2.20 bits per heavy atom. The van der Waals surface area contributed by atoms with E-state index in [-0.39, 0.29) is 5.25 Å². The van der Waals surface area contributed by atoms with Crippen LogP contribution in [0.5, 0.6) is 0 Å². The molecule has 20 heavy (non-hydrogen) atoms. The molecule has 1 aliphatic carbocycles. The first-order chi connectivity index (χ1) is 9.39. The Morgan fingerprint density at radius 2 is 1.70 bits per heavy atom. The van der Waals surface area contributed by atoms with Gasteiger partial charge in [0, 0.05) is 45.3 Å². The predicted octanol–water partition coefficient (Wildman–Crippen LogP) is 0.730. The summed E-state index contributed by atoms with van der Waals surface area (Å²) < 4.78 is 26.7. The first-order valence-electron chi connectivity index (χ1n) is 7.84. The van der Waals surface area contributed by atoms with Gasteiger partial charge < -0.3 is 10.2 Å². The van der Waals surface area contributed by atoms with Crippen LogP contribution in [-0.4, -0.2) is 68.2 Å². The normalized spacial score (nSPS) is 24.2. The van der Waals surface area contributed by atoms with Crippen LogP contribution in [0.1, 0.15) is 33.6 Å². The van der Waals surface area contributed by atoms with Crippen LogP contribution in [-0.2, 0) is 10.0 Å². The summed E-state index contributed by atoms with van der Waals surface area (Å²) in [6.45, 7) is 10.7. The molecule has 0 bridgehead atoms. The summed E-state index contributed by atoms with van der Waals surface area (Å²) in [5.41, 5.74) is 0. The average molecular weight is 303 g/mol. The van der Waals surface area contributed by atoms with Gasteiger partial charge in [0.2, 0.25) is 10.0 Å². The van der Waals surface area contributed by atoms with Crippen LogP contribution < -0.4 is 5.32 Å². The molecule has 0 radical (unpaired) electrons. The summed E-state index contributed by atoms with van der Waals surface area (Å²) in [5.74, 6) is 0.882. The van der Waals surface area contributed by atoms with Crippen molar-refractivity contribution >= 4 is 10.0 Å². The fraction of sp³-hybridized carbons (Fsp3) is 1.00. The molecular weight excluding hydrogens is 274 g/mol. The molecule has 1 N–H and O–H groups in total. The van der Waals surface area contributed by atoms with Crippen molar-refractivity contribution in [2.75, 3.05) is 39.3 Å². The summed E-state index contributed by atoms with van der Waals surface area (Å²) in [4.78, 5) is 2.42. The summed E-state index contributed by atoms with van der Waals surface area (Å²) in [6, 6.07) is 0.322. The van der Waals surface area contributed by atoms with E-state index in [1.54, 1.807) is 11.2 Å². The molecule has 0 amide bonds. The van der Waals surface area contributed by atoms with Gasteiger partial charge in [-0.1, -0.05) is 13.8 Å². The maximum Gasteiger partial charge on any atom is 0.218 e. The maximum absolute atomic E-state index is 12.5. The van der Waals surface area contributed by atoms with Crippen molar-refractivity contribution in [1.29, 1.82) is 0 Å². The van der Waals surface area contributed by atoms with E-state index in [1.165, 1.54) is 19.4 Å². The van der Waals surface area contributed by atoms with Crippen LogP contribution in [0.3, 0.4) is 0 Å². The quantitative estimate of drug-likeness (QED) is 0.753. The summed E-state index contributed by atoms with van der Waals surface area (Å²) in [5, 5.41) is 2.87. The fourth-order valence-corrected chi connectivity index (χ4v) is 4.08. The molecule has 118 valence electrons. The number of rotatable bonds is 7. The Bertz CT molecular complexity index is 399. The minimum absolute atomic E-state index is 0.322. The van der Waals surface area contributed by atoms with E-state index in [0.717, 1.165) is 19.0 Å². The van der Waals surface area contributed by atoms with Gasteiger partial charge >= 0.3 is 0 Å². The number of nitrogens with one attached hydrogen (secondary N) is 1. The molecule has 1 heterocycles. The van der Waals surface area contributed by atoms with Crippen molar-refractivity contribution in [3.8, 4) is 0 Å². The fourth-order valence-electron chi connectivity index (χ4n) is 2.59. The lowest BCUT2D eigenvalue weighted by atomic mass is 10.3. The number of piperazine rings is 1. The Morgan fingerprint density at radius 1 is 1.10 bits per heavy atom. The zero-order chi connectivity index (χ0) is 14.8. The smallest absolute Gasteiger partial charge is 0.218 e. The minimum Gasteiger partial charge on any atom is -0.313 e. The first kappa shape index (κ1) is 16.2. The highest BCUT2D eigenvalue weighted by atomic mass is 32.2. The van der Waals surface area contributed by atoms with E-state index in [4.69, 9.17) is 0 Å². The minimum atomic E-state index is -3.15. The molecule has 0 aromatic heterocycles. The topological polar surface area (TPSA) is 52.7 Å². The maximum atomic E-state index is 12.5. The van der Waals surface area contributed by atoms with Crippen molar-refractivity contribution in [2.45, 2.75) is 44.9 Å². The van der Waals surface area contributed by atoms with Gasteiger partial charge in [0.1, 0.15) is 0 Å². The van der Waals surface area contributed by atoms with Gasteiger partial charge in [0.05, 0.1) is 5.25 Å². The number of hydrogen-bond acceptors (Lipinski definition) is 4. The summed E-state index contributed by atoms with van der Waals surface area (Å²) in [6.07, 6.45) is 2.72. The highest BCUT2D eigenvalue weighted by Crippen LogP contribution is 2.30. The predicted molar refractivity (Wildman–Crippen MR) is 82.3 cm³/mol. The zero-order valence-electron chi connectivity index (χ0n) is 13.0. The van der Waals surface area contributed by atoms with E-state index in [1.807, 2.05) is 13.8 Å². The molecule has 5 nitrogen and oxygen atoms in total. The number of hydrogen-bond donors (Lipinski definition) is 1. The average Bonchev–Trinajstić information content (AvgIpc) is 3.20. The van der Waals surface area contributed by atoms with Crippen LogP contribution in [0.15, 0.2) is 0 Å². The zero-order valence-corrected chi connectivity index (χ0v) is 13.8. The molecule has 1 saturated heterocycles. The molecule has 0 aromatic carbocycles. The van der Waals surface area contributed by atoms with Crippen molar-refractivity contribution in [3.63, 3.8) is 0 Å². The SMILES string of the molecule is CC(C)NCC(C)S(=O)(=O)N1CCN(CC2CC2)CC1. The number of nitrogens with zero attached hydrogens (tertiary/aromatic N) is 2. The van der Waals surface area contributed by atoms with Crippen molar-refractivity contribution in [3.05, 3.63) is 0 Å². The molecule has 0 spiro atoms. The Balaban J connectivity index is 1.80. The third-order valence-electron chi connectivity index (χ3n) is 4.23. The highest BCUT2D eigenvalue weighted by Gasteiger charge is 2.33. The molecule has 1 atom stereocenters. The van der Waals surface area contributed by atoms with E-state index in [2.05, 4.69) is 10.2 Å². The molecule has 1 unspecified atom stereocenters. The van der Waals surface area contributed by atoms with Gasteiger partial charge in [0.25, 0.3) is 0 Å². The van der Waals surface area contributed by atoms with Gasteiger partial charge in [0.15, 0.2) is 0 Å². The lowest BCUT2D eigenvalue weighted by Gasteiger charge is -2.35. The molecule has 0 aromatic rings. The molecule has 2 fully saturated rings. The Kier molecular flexibility index (Phi) is 5.45. The molecule has 6 heteroatoms. The van der Waals surface area contributed by atoms with Gasteiger partial charge in [-0.2, -0.15) is 4.31 Å². The largest absolute Gasteiger partial charge is 0.313 e. The van der Waals surface area contributed by atoms with Crippen LogP contribution >= 0.6 is 0 Å². The monoisotopic (exact) mass is 303 g/mol. The Hall–Kier alpha value is -0.170. The molecule has 1 saturated carbocycles. The Labute approximate surface area is 123 Å².